The maximum Gasteiger partial charge on any atom is 0.300 e. The summed E-state index contributed by atoms with van der Waals surface area (Å²) in [5, 5.41) is 11.7. The average molecular weight is 513 g/mol. The van der Waals surface area contributed by atoms with E-state index in [1.807, 2.05) is 30.3 Å². The SMILES string of the molecule is COc1ccc(/C(O)=C2\C(=O)C(=O)N(c3cccc(Cl)c3C)C2c2ccccc2)cc1Br. The summed E-state index contributed by atoms with van der Waals surface area (Å²) in [5.74, 6) is -1.17. The Kier molecular flexibility index (Phi) is 6.09. The van der Waals surface area contributed by atoms with Crippen molar-refractivity contribution in [3.63, 3.8) is 0 Å². The summed E-state index contributed by atoms with van der Waals surface area (Å²) >= 11 is 9.71. The predicted octanol–water partition coefficient (Wildman–Crippen LogP) is 6.05. The van der Waals surface area contributed by atoms with Crippen LogP contribution in [0.4, 0.5) is 5.69 Å². The van der Waals surface area contributed by atoms with E-state index in [1.165, 1.54) is 12.0 Å². The van der Waals surface area contributed by atoms with Crippen LogP contribution >= 0.6 is 27.5 Å². The Bertz CT molecular complexity index is 1260. The number of ether oxygens (including phenoxy) is 1. The molecule has 3 aromatic carbocycles. The number of carbonyl (C=O) groups excluding carboxylic acids is 2. The molecule has 1 heterocycles. The van der Waals surface area contributed by atoms with Gasteiger partial charge in [0.1, 0.15) is 11.5 Å². The number of ketones is 1. The molecule has 0 bridgehead atoms. The van der Waals surface area contributed by atoms with Gasteiger partial charge >= 0.3 is 0 Å². The lowest BCUT2D eigenvalue weighted by Crippen LogP contribution is -2.30. The van der Waals surface area contributed by atoms with Crippen LogP contribution in [0.15, 0.2) is 76.8 Å². The number of halogens is 2. The molecular formula is C25H19BrClNO4. The molecule has 0 radical (unpaired) electrons. The van der Waals surface area contributed by atoms with Crippen LogP contribution < -0.4 is 9.64 Å². The first kappa shape index (κ1) is 22.1. The van der Waals surface area contributed by atoms with Crippen LogP contribution in [0.2, 0.25) is 5.02 Å². The monoisotopic (exact) mass is 511 g/mol. The number of Topliss-reactive ketones (excluding diaryl/α,β-unsaturated/α-hetero) is 1. The molecule has 1 N–H and O–H groups in total. The van der Waals surface area contributed by atoms with Crippen molar-refractivity contribution in [2.45, 2.75) is 13.0 Å². The van der Waals surface area contributed by atoms with Crippen molar-refractivity contribution in [3.05, 3.63) is 98.5 Å². The van der Waals surface area contributed by atoms with Crippen molar-refractivity contribution in [2.75, 3.05) is 12.0 Å². The maximum absolute atomic E-state index is 13.2. The largest absolute Gasteiger partial charge is 0.507 e. The number of hydrogen-bond acceptors (Lipinski definition) is 4. The van der Waals surface area contributed by atoms with E-state index in [0.29, 0.717) is 37.6 Å². The average Bonchev–Trinajstić information content (AvgIpc) is 3.06. The van der Waals surface area contributed by atoms with E-state index < -0.39 is 17.7 Å². The maximum atomic E-state index is 13.2. The van der Waals surface area contributed by atoms with E-state index in [0.717, 1.165) is 0 Å². The number of anilines is 1. The molecule has 3 aromatic rings. The first-order chi connectivity index (χ1) is 15.3. The van der Waals surface area contributed by atoms with Crippen LogP contribution in [0.1, 0.15) is 22.7 Å². The van der Waals surface area contributed by atoms with Crippen LogP contribution in [0.5, 0.6) is 5.75 Å². The van der Waals surface area contributed by atoms with Gasteiger partial charge < -0.3 is 9.84 Å². The van der Waals surface area contributed by atoms with E-state index in [4.69, 9.17) is 16.3 Å². The lowest BCUT2D eigenvalue weighted by Gasteiger charge is -2.27. The molecule has 1 amide bonds. The van der Waals surface area contributed by atoms with Gasteiger partial charge in [-0.05, 0) is 64.3 Å². The standard InChI is InChI=1S/C25H19BrClNO4/c1-14-18(27)9-6-10-19(14)28-22(15-7-4-3-5-8-15)21(24(30)25(28)31)23(29)16-11-12-20(32-2)17(26)13-16/h3-13,22,29H,1-2H3/b23-21+. The summed E-state index contributed by atoms with van der Waals surface area (Å²) in [6.07, 6.45) is 0. The topological polar surface area (TPSA) is 66.8 Å². The smallest absolute Gasteiger partial charge is 0.300 e. The molecule has 7 heteroatoms. The second-order valence-corrected chi connectivity index (χ2v) is 8.57. The molecule has 0 spiro atoms. The van der Waals surface area contributed by atoms with Crippen molar-refractivity contribution < 1.29 is 19.4 Å². The Balaban J connectivity index is 1.96. The summed E-state index contributed by atoms with van der Waals surface area (Å²) in [7, 11) is 1.54. The molecule has 32 heavy (non-hydrogen) atoms. The highest BCUT2D eigenvalue weighted by Crippen LogP contribution is 2.44. The van der Waals surface area contributed by atoms with E-state index >= 15 is 0 Å². The van der Waals surface area contributed by atoms with Gasteiger partial charge in [-0.1, -0.05) is 48.0 Å². The fourth-order valence-corrected chi connectivity index (χ4v) is 4.57. The number of hydrogen-bond donors (Lipinski definition) is 1. The summed E-state index contributed by atoms with van der Waals surface area (Å²) in [6, 6.07) is 18.5. The van der Waals surface area contributed by atoms with E-state index in [9.17, 15) is 14.7 Å². The van der Waals surface area contributed by atoms with Crippen LogP contribution in [0, 0.1) is 6.92 Å². The van der Waals surface area contributed by atoms with E-state index in [2.05, 4.69) is 15.9 Å². The Morgan fingerprint density at radius 2 is 1.78 bits per heavy atom. The van der Waals surface area contributed by atoms with Crippen molar-refractivity contribution >= 4 is 50.7 Å². The number of methoxy groups -OCH3 is 1. The number of aliphatic hydroxyl groups is 1. The molecule has 1 unspecified atom stereocenters. The van der Waals surface area contributed by atoms with Crippen LogP contribution in [-0.2, 0) is 9.59 Å². The van der Waals surface area contributed by atoms with Crippen molar-refractivity contribution in [2.24, 2.45) is 0 Å². The Morgan fingerprint density at radius 3 is 2.44 bits per heavy atom. The first-order valence-corrected chi connectivity index (χ1v) is 11.0. The minimum Gasteiger partial charge on any atom is -0.507 e. The number of benzene rings is 3. The Hall–Kier alpha value is -3.09. The van der Waals surface area contributed by atoms with Gasteiger partial charge in [-0.25, -0.2) is 0 Å². The minimum absolute atomic E-state index is 0.0117. The highest BCUT2D eigenvalue weighted by molar-refractivity contribution is 9.10. The second-order valence-electron chi connectivity index (χ2n) is 7.31. The summed E-state index contributed by atoms with van der Waals surface area (Å²) in [6.45, 7) is 1.79. The Morgan fingerprint density at radius 1 is 1.06 bits per heavy atom. The third-order valence-electron chi connectivity index (χ3n) is 5.48. The molecule has 0 aliphatic carbocycles. The number of aliphatic hydroxyl groups excluding tert-OH is 1. The number of carbonyl (C=O) groups is 2. The van der Waals surface area contributed by atoms with E-state index in [-0.39, 0.29) is 11.3 Å². The number of rotatable bonds is 4. The third kappa shape index (κ3) is 3.70. The fourth-order valence-electron chi connectivity index (χ4n) is 3.86. The normalized spacial score (nSPS) is 17.6. The summed E-state index contributed by atoms with van der Waals surface area (Å²) in [4.78, 5) is 27.8. The molecule has 1 aliphatic heterocycles. The zero-order valence-electron chi connectivity index (χ0n) is 17.3. The Labute approximate surface area is 199 Å². The predicted molar refractivity (Wildman–Crippen MR) is 128 cm³/mol. The molecule has 1 atom stereocenters. The molecule has 5 nitrogen and oxygen atoms in total. The van der Waals surface area contributed by atoms with Gasteiger partial charge in [-0.2, -0.15) is 0 Å². The van der Waals surface area contributed by atoms with E-state index in [1.54, 1.807) is 43.3 Å². The molecule has 0 aromatic heterocycles. The quantitative estimate of drug-likeness (QED) is 0.263. The minimum atomic E-state index is -0.811. The lowest BCUT2D eigenvalue weighted by atomic mass is 9.95. The zero-order valence-corrected chi connectivity index (χ0v) is 19.6. The van der Waals surface area contributed by atoms with Gasteiger partial charge in [0.15, 0.2) is 0 Å². The van der Waals surface area contributed by atoms with Gasteiger partial charge in [0.05, 0.1) is 23.2 Å². The van der Waals surface area contributed by atoms with Crippen molar-refractivity contribution in [1.82, 2.24) is 0 Å². The second kappa shape index (κ2) is 8.81. The number of nitrogens with zero attached hydrogens (tertiary/aromatic N) is 1. The van der Waals surface area contributed by atoms with Gasteiger partial charge in [0, 0.05) is 16.3 Å². The van der Waals surface area contributed by atoms with Crippen LogP contribution in [0.3, 0.4) is 0 Å². The third-order valence-corrected chi connectivity index (χ3v) is 6.51. The highest BCUT2D eigenvalue weighted by Gasteiger charge is 2.47. The molecular weight excluding hydrogens is 494 g/mol. The molecule has 1 saturated heterocycles. The molecule has 0 saturated carbocycles. The molecule has 162 valence electrons. The van der Waals surface area contributed by atoms with Gasteiger partial charge in [-0.3, -0.25) is 14.5 Å². The fraction of sp³-hybridized carbons (Fsp3) is 0.120. The van der Waals surface area contributed by atoms with Gasteiger partial charge in [-0.15, -0.1) is 0 Å². The van der Waals surface area contributed by atoms with Crippen LogP contribution in [-0.4, -0.2) is 23.9 Å². The molecule has 1 aliphatic rings. The highest BCUT2D eigenvalue weighted by atomic mass is 79.9. The lowest BCUT2D eigenvalue weighted by molar-refractivity contribution is -0.132. The van der Waals surface area contributed by atoms with Crippen molar-refractivity contribution in [1.29, 1.82) is 0 Å². The van der Waals surface area contributed by atoms with Crippen LogP contribution in [0.25, 0.3) is 5.76 Å². The number of amides is 1. The first-order valence-electron chi connectivity index (χ1n) is 9.80. The molecule has 1 fully saturated rings. The van der Waals surface area contributed by atoms with Gasteiger partial charge in [0.2, 0.25) is 0 Å². The molecule has 4 rings (SSSR count). The summed E-state index contributed by atoms with van der Waals surface area (Å²) < 4.78 is 5.86. The van der Waals surface area contributed by atoms with Gasteiger partial charge in [0.25, 0.3) is 11.7 Å². The van der Waals surface area contributed by atoms with Crippen molar-refractivity contribution in [3.8, 4) is 5.75 Å². The summed E-state index contributed by atoms with van der Waals surface area (Å²) in [5.41, 5.74) is 2.28. The zero-order chi connectivity index (χ0) is 23.0.